The highest BCUT2D eigenvalue weighted by Gasteiger charge is 2.10. The number of rotatable bonds is 9. The fourth-order valence-electron chi connectivity index (χ4n) is 2.15. The van der Waals surface area contributed by atoms with E-state index in [-0.39, 0.29) is 24.0 Å². The molecule has 1 rings (SSSR count). The van der Waals surface area contributed by atoms with Gasteiger partial charge in [0.15, 0.2) is 5.96 Å². The molecule has 0 aliphatic carbocycles. The highest BCUT2D eigenvalue weighted by atomic mass is 127. The van der Waals surface area contributed by atoms with Gasteiger partial charge in [-0.1, -0.05) is 18.2 Å². The average molecular weight is 447 g/mol. The Morgan fingerprint density at radius 2 is 2.08 bits per heavy atom. The molecule has 0 radical (unpaired) electrons. The van der Waals surface area contributed by atoms with Crippen LogP contribution in [0.5, 0.6) is 5.75 Å². The van der Waals surface area contributed by atoms with Gasteiger partial charge in [-0.2, -0.15) is 0 Å². The van der Waals surface area contributed by atoms with E-state index in [1.165, 1.54) is 0 Å². The summed E-state index contributed by atoms with van der Waals surface area (Å²) in [4.78, 5) is 6.61. The van der Waals surface area contributed by atoms with Crippen molar-refractivity contribution in [3.8, 4) is 5.75 Å². The summed E-state index contributed by atoms with van der Waals surface area (Å²) in [5.41, 5.74) is 0.833. The highest BCUT2D eigenvalue weighted by molar-refractivity contribution is 14.0. The van der Waals surface area contributed by atoms with Gasteiger partial charge in [-0.25, -0.2) is 0 Å². The Labute approximate surface area is 162 Å². The fraction of sp³-hybridized carbons (Fsp3) is 0.500. The zero-order chi connectivity index (χ0) is 17.1. The number of halogens is 1. The number of aliphatic imine (C=N–C) groups is 1. The molecule has 0 saturated carbocycles. The number of guanidine groups is 1. The van der Waals surface area contributed by atoms with Crippen LogP contribution in [0.15, 0.2) is 41.9 Å². The summed E-state index contributed by atoms with van der Waals surface area (Å²) in [6.07, 6.45) is 3.31. The van der Waals surface area contributed by atoms with Crippen LogP contribution < -0.4 is 10.1 Å². The Balaban J connectivity index is 0.00000529. The van der Waals surface area contributed by atoms with Crippen molar-refractivity contribution < 1.29 is 9.84 Å². The van der Waals surface area contributed by atoms with Gasteiger partial charge in [0, 0.05) is 20.1 Å². The van der Waals surface area contributed by atoms with Crippen molar-refractivity contribution >= 4 is 29.9 Å². The number of nitrogens with zero attached hydrogens (tertiary/aromatic N) is 2. The largest absolute Gasteiger partial charge is 0.497 e. The zero-order valence-electron chi connectivity index (χ0n) is 14.9. The van der Waals surface area contributed by atoms with E-state index >= 15 is 0 Å². The molecule has 0 fully saturated rings. The van der Waals surface area contributed by atoms with Gasteiger partial charge in [0.25, 0.3) is 0 Å². The Hall–Kier alpha value is -1.28. The van der Waals surface area contributed by atoms with Gasteiger partial charge in [-0.05, 0) is 37.5 Å². The van der Waals surface area contributed by atoms with Gasteiger partial charge < -0.3 is 20.1 Å². The molecule has 0 amide bonds. The molecule has 1 unspecified atom stereocenters. The minimum Gasteiger partial charge on any atom is -0.497 e. The summed E-state index contributed by atoms with van der Waals surface area (Å²) in [5, 5.41) is 13.5. The lowest BCUT2D eigenvalue weighted by Gasteiger charge is -2.22. The van der Waals surface area contributed by atoms with Crippen molar-refractivity contribution in [2.24, 2.45) is 4.99 Å². The summed E-state index contributed by atoms with van der Waals surface area (Å²) in [6.45, 7) is 7.79. The molecule has 136 valence electrons. The molecule has 0 aromatic heterocycles. The predicted octanol–water partition coefficient (Wildman–Crippen LogP) is 3.21. The second-order valence-electron chi connectivity index (χ2n) is 5.34. The van der Waals surface area contributed by atoms with E-state index < -0.39 is 6.10 Å². The SMILES string of the molecule is C=CCCCN(C)C(=NCC(O)c1ccc(OC)cc1)NCC.I. The maximum Gasteiger partial charge on any atom is 0.193 e. The minimum atomic E-state index is -0.629. The molecule has 0 saturated heterocycles. The number of nitrogens with one attached hydrogen (secondary N) is 1. The molecule has 0 aliphatic heterocycles. The zero-order valence-corrected chi connectivity index (χ0v) is 17.2. The molecule has 5 nitrogen and oxygen atoms in total. The van der Waals surface area contributed by atoms with Gasteiger partial charge in [0.1, 0.15) is 5.75 Å². The van der Waals surface area contributed by atoms with Crippen molar-refractivity contribution in [1.29, 1.82) is 0 Å². The molecule has 1 atom stereocenters. The molecule has 0 aliphatic rings. The van der Waals surface area contributed by atoms with Crippen LogP contribution in [0, 0.1) is 0 Å². The molecule has 0 heterocycles. The number of allylic oxidation sites excluding steroid dienone is 1. The first-order valence-corrected chi connectivity index (χ1v) is 8.04. The Morgan fingerprint density at radius 1 is 1.42 bits per heavy atom. The molecular formula is C18H30IN3O2. The van der Waals surface area contributed by atoms with Crippen LogP contribution in [0.2, 0.25) is 0 Å². The average Bonchev–Trinajstić information content (AvgIpc) is 2.58. The normalized spacial score (nSPS) is 12.1. The molecular weight excluding hydrogens is 417 g/mol. The van der Waals surface area contributed by atoms with Crippen molar-refractivity contribution in [2.75, 3.05) is 33.8 Å². The Bertz CT molecular complexity index is 492. The van der Waals surface area contributed by atoms with E-state index in [0.717, 1.165) is 43.2 Å². The van der Waals surface area contributed by atoms with Crippen molar-refractivity contribution in [1.82, 2.24) is 10.2 Å². The van der Waals surface area contributed by atoms with Gasteiger partial charge in [-0.3, -0.25) is 4.99 Å². The van der Waals surface area contributed by atoms with E-state index in [4.69, 9.17) is 4.74 Å². The summed E-state index contributed by atoms with van der Waals surface area (Å²) in [7, 11) is 3.63. The first kappa shape index (κ1) is 22.7. The van der Waals surface area contributed by atoms with E-state index in [1.807, 2.05) is 44.3 Å². The number of benzene rings is 1. The first-order chi connectivity index (χ1) is 11.1. The standard InChI is InChI=1S/C18H29N3O2.HI/c1-5-7-8-13-21(3)18(19-6-2)20-14-17(22)15-9-11-16(23-4)12-10-15;/h5,9-12,17,22H,1,6-8,13-14H2,2-4H3,(H,19,20);1H. The maximum absolute atomic E-state index is 10.3. The second-order valence-corrected chi connectivity index (χ2v) is 5.34. The second kappa shape index (κ2) is 13.1. The van der Waals surface area contributed by atoms with E-state index in [0.29, 0.717) is 6.54 Å². The van der Waals surface area contributed by atoms with Crippen molar-refractivity contribution in [3.63, 3.8) is 0 Å². The third-order valence-electron chi connectivity index (χ3n) is 3.51. The van der Waals surface area contributed by atoms with Crippen LogP contribution in [-0.2, 0) is 0 Å². The number of unbranched alkanes of at least 4 members (excludes halogenated alkanes) is 1. The molecule has 6 heteroatoms. The number of aliphatic hydroxyl groups is 1. The molecule has 1 aromatic rings. The van der Waals surface area contributed by atoms with Gasteiger partial charge in [0.2, 0.25) is 0 Å². The highest BCUT2D eigenvalue weighted by Crippen LogP contribution is 2.17. The van der Waals surface area contributed by atoms with Crippen LogP contribution in [0.4, 0.5) is 0 Å². The number of hydrogen-bond donors (Lipinski definition) is 2. The predicted molar refractivity (Wildman–Crippen MR) is 111 cm³/mol. The third-order valence-corrected chi connectivity index (χ3v) is 3.51. The molecule has 0 spiro atoms. The van der Waals surface area contributed by atoms with Crippen LogP contribution >= 0.6 is 24.0 Å². The number of hydrogen-bond acceptors (Lipinski definition) is 3. The summed E-state index contributed by atoms with van der Waals surface area (Å²) < 4.78 is 5.12. The van der Waals surface area contributed by atoms with Crippen LogP contribution in [0.1, 0.15) is 31.4 Å². The number of ether oxygens (including phenoxy) is 1. The van der Waals surface area contributed by atoms with Crippen LogP contribution in [-0.4, -0.2) is 49.8 Å². The smallest absolute Gasteiger partial charge is 0.193 e. The monoisotopic (exact) mass is 447 g/mol. The lowest BCUT2D eigenvalue weighted by molar-refractivity contribution is 0.186. The molecule has 0 bridgehead atoms. The Kier molecular flexibility index (Phi) is 12.4. The van der Waals surface area contributed by atoms with Crippen LogP contribution in [0.25, 0.3) is 0 Å². The first-order valence-electron chi connectivity index (χ1n) is 8.04. The topological polar surface area (TPSA) is 57.1 Å². The Morgan fingerprint density at radius 3 is 2.62 bits per heavy atom. The fourth-order valence-corrected chi connectivity index (χ4v) is 2.15. The summed E-state index contributed by atoms with van der Waals surface area (Å²) >= 11 is 0. The van der Waals surface area contributed by atoms with Crippen molar-refractivity contribution in [2.45, 2.75) is 25.9 Å². The van der Waals surface area contributed by atoms with E-state index in [2.05, 4.69) is 21.8 Å². The number of aliphatic hydroxyl groups excluding tert-OH is 1. The summed E-state index contributed by atoms with van der Waals surface area (Å²) in [5.74, 6) is 1.59. The minimum absolute atomic E-state index is 0. The molecule has 2 N–H and O–H groups in total. The molecule has 1 aromatic carbocycles. The quantitative estimate of drug-likeness (QED) is 0.201. The van der Waals surface area contributed by atoms with Gasteiger partial charge in [-0.15, -0.1) is 30.6 Å². The lowest BCUT2D eigenvalue weighted by atomic mass is 10.1. The number of methoxy groups -OCH3 is 1. The third kappa shape index (κ3) is 8.01. The van der Waals surface area contributed by atoms with Crippen molar-refractivity contribution in [3.05, 3.63) is 42.5 Å². The van der Waals surface area contributed by atoms with Gasteiger partial charge >= 0.3 is 0 Å². The summed E-state index contributed by atoms with van der Waals surface area (Å²) in [6, 6.07) is 7.41. The lowest BCUT2D eigenvalue weighted by Crippen LogP contribution is -2.39. The van der Waals surface area contributed by atoms with Crippen LogP contribution in [0.3, 0.4) is 0 Å². The maximum atomic E-state index is 10.3. The van der Waals surface area contributed by atoms with E-state index in [9.17, 15) is 5.11 Å². The molecule has 24 heavy (non-hydrogen) atoms. The van der Waals surface area contributed by atoms with Gasteiger partial charge in [0.05, 0.1) is 19.8 Å². The van der Waals surface area contributed by atoms with E-state index in [1.54, 1.807) is 7.11 Å².